The molecule has 0 saturated carbocycles. The number of halogens is 3. The second-order valence-corrected chi connectivity index (χ2v) is 7.00. The van der Waals surface area contributed by atoms with Crippen LogP contribution in [-0.2, 0) is 10.0 Å². The number of benzene rings is 1. The van der Waals surface area contributed by atoms with Gasteiger partial charge in [0.1, 0.15) is 16.5 Å². The Morgan fingerprint density at radius 3 is 2.25 bits per heavy atom. The van der Waals surface area contributed by atoms with Gasteiger partial charge in [-0.05, 0) is 34.8 Å². The monoisotopic (exact) mass is 370 g/mol. The van der Waals surface area contributed by atoms with Crippen LogP contribution in [0.1, 0.15) is 26.7 Å². The van der Waals surface area contributed by atoms with E-state index in [4.69, 9.17) is 5.73 Å². The molecule has 3 N–H and O–H groups in total. The maximum atomic E-state index is 13.7. The van der Waals surface area contributed by atoms with Crippen molar-refractivity contribution in [3.8, 4) is 0 Å². The summed E-state index contributed by atoms with van der Waals surface area (Å²) in [6.45, 7) is 3.66. The number of hydrogen-bond acceptors (Lipinski definition) is 3. The first-order chi connectivity index (χ1) is 9.21. The van der Waals surface area contributed by atoms with Gasteiger partial charge in [-0.2, -0.15) is 0 Å². The zero-order chi connectivity index (χ0) is 15.6. The number of hydrogen-bond donors (Lipinski definition) is 2. The van der Waals surface area contributed by atoms with Crippen molar-refractivity contribution >= 4 is 26.0 Å². The quantitative estimate of drug-likeness (QED) is 0.755. The Hall–Kier alpha value is -0.570. The molecular formula is C12H17BrF2N2O2S. The molecule has 20 heavy (non-hydrogen) atoms. The maximum Gasteiger partial charge on any atom is 0.244 e. The predicted octanol–water partition coefficient (Wildman–Crippen LogP) is 2.52. The topological polar surface area (TPSA) is 72.2 Å². The first kappa shape index (κ1) is 17.5. The van der Waals surface area contributed by atoms with E-state index in [2.05, 4.69) is 20.7 Å². The lowest BCUT2D eigenvalue weighted by Gasteiger charge is -2.31. The zero-order valence-corrected chi connectivity index (χ0v) is 13.6. The van der Waals surface area contributed by atoms with E-state index in [-0.39, 0.29) is 11.0 Å². The van der Waals surface area contributed by atoms with Crippen molar-refractivity contribution in [3.63, 3.8) is 0 Å². The second kappa shape index (κ2) is 6.46. The van der Waals surface area contributed by atoms with Gasteiger partial charge in [-0.3, -0.25) is 0 Å². The smallest absolute Gasteiger partial charge is 0.244 e. The van der Waals surface area contributed by atoms with Gasteiger partial charge >= 0.3 is 0 Å². The predicted molar refractivity (Wildman–Crippen MR) is 76.7 cm³/mol. The van der Waals surface area contributed by atoms with Gasteiger partial charge in [0.05, 0.1) is 4.47 Å². The lowest BCUT2D eigenvalue weighted by Crippen LogP contribution is -2.52. The fourth-order valence-electron chi connectivity index (χ4n) is 1.77. The molecule has 4 nitrogen and oxygen atoms in total. The Bertz CT molecular complexity index is 581. The van der Waals surface area contributed by atoms with Gasteiger partial charge in [0.25, 0.3) is 0 Å². The van der Waals surface area contributed by atoms with Crippen LogP contribution < -0.4 is 10.5 Å². The summed E-state index contributed by atoms with van der Waals surface area (Å²) in [6, 6.07) is 1.43. The summed E-state index contributed by atoms with van der Waals surface area (Å²) in [4.78, 5) is -0.606. The molecule has 1 rings (SSSR count). The Balaban J connectivity index is 3.28. The van der Waals surface area contributed by atoms with Crippen molar-refractivity contribution in [2.75, 3.05) is 6.54 Å². The molecule has 0 amide bonds. The van der Waals surface area contributed by atoms with Crippen molar-refractivity contribution < 1.29 is 17.2 Å². The van der Waals surface area contributed by atoms with Crippen LogP contribution in [0.25, 0.3) is 0 Å². The number of nitrogens with one attached hydrogen (secondary N) is 1. The van der Waals surface area contributed by atoms with Gasteiger partial charge in [-0.25, -0.2) is 21.9 Å². The summed E-state index contributed by atoms with van der Waals surface area (Å²) in [7, 11) is -4.13. The van der Waals surface area contributed by atoms with Crippen molar-refractivity contribution in [2.45, 2.75) is 37.1 Å². The van der Waals surface area contributed by atoms with Crippen LogP contribution in [0.2, 0.25) is 0 Å². The third-order valence-electron chi connectivity index (χ3n) is 3.36. The molecule has 0 aliphatic heterocycles. The fraction of sp³-hybridized carbons (Fsp3) is 0.500. The largest absolute Gasteiger partial charge is 0.329 e. The highest BCUT2D eigenvalue weighted by atomic mass is 79.9. The van der Waals surface area contributed by atoms with Gasteiger partial charge in [-0.15, -0.1) is 0 Å². The number of nitrogens with two attached hydrogens (primary N) is 1. The molecule has 0 fully saturated rings. The maximum absolute atomic E-state index is 13.7. The Morgan fingerprint density at radius 1 is 1.25 bits per heavy atom. The van der Waals surface area contributed by atoms with Crippen LogP contribution in [0.3, 0.4) is 0 Å². The first-order valence-electron chi connectivity index (χ1n) is 6.10. The highest BCUT2D eigenvalue weighted by Crippen LogP contribution is 2.25. The van der Waals surface area contributed by atoms with E-state index in [1.165, 1.54) is 0 Å². The molecule has 0 heterocycles. The van der Waals surface area contributed by atoms with E-state index in [1.807, 2.05) is 0 Å². The molecule has 114 valence electrons. The molecule has 0 radical (unpaired) electrons. The Morgan fingerprint density at radius 2 is 1.80 bits per heavy atom. The first-order valence-corrected chi connectivity index (χ1v) is 8.37. The average Bonchev–Trinajstić information content (AvgIpc) is 2.40. The molecule has 8 heteroatoms. The van der Waals surface area contributed by atoms with Gasteiger partial charge in [0.15, 0.2) is 0 Å². The SMILES string of the molecule is CCC(CC)(CN)NS(=O)(=O)c1cc(Br)c(F)cc1F. The second-order valence-electron chi connectivity index (χ2n) is 4.49. The summed E-state index contributed by atoms with van der Waals surface area (Å²) in [6.07, 6.45) is 0.923. The lowest BCUT2D eigenvalue weighted by molar-refractivity contribution is 0.362. The molecule has 0 spiro atoms. The third kappa shape index (κ3) is 3.55. The Kier molecular flexibility index (Phi) is 5.65. The zero-order valence-electron chi connectivity index (χ0n) is 11.2. The Labute approximate surface area is 125 Å². The summed E-state index contributed by atoms with van der Waals surface area (Å²) >= 11 is 2.84. The van der Waals surface area contributed by atoms with Crippen molar-refractivity contribution in [2.24, 2.45) is 5.73 Å². The molecular weight excluding hydrogens is 354 g/mol. The van der Waals surface area contributed by atoms with Crippen LogP contribution in [0, 0.1) is 11.6 Å². The molecule has 0 atom stereocenters. The number of rotatable bonds is 6. The standard InChI is InChI=1S/C12H17BrF2N2O2S/c1-3-12(4-2,7-16)17-20(18,19)11-5-8(13)9(14)6-10(11)15/h5-6,17H,3-4,7,16H2,1-2H3. The van der Waals surface area contributed by atoms with Crippen molar-refractivity contribution in [1.82, 2.24) is 4.72 Å². The van der Waals surface area contributed by atoms with Crippen molar-refractivity contribution in [1.29, 1.82) is 0 Å². The summed E-state index contributed by atoms with van der Waals surface area (Å²) in [5.41, 5.74) is 4.78. The minimum absolute atomic E-state index is 0.0865. The molecule has 0 unspecified atom stereocenters. The molecule has 0 aliphatic carbocycles. The van der Waals surface area contributed by atoms with Crippen LogP contribution in [0.4, 0.5) is 8.78 Å². The number of sulfonamides is 1. The summed E-state index contributed by atoms with van der Waals surface area (Å²) in [5.74, 6) is -2.01. The molecule has 0 aliphatic rings. The van der Waals surface area contributed by atoms with Gasteiger partial charge < -0.3 is 5.73 Å². The minimum atomic E-state index is -4.13. The molecule has 1 aromatic carbocycles. The normalized spacial score (nSPS) is 12.7. The van der Waals surface area contributed by atoms with Crippen LogP contribution in [-0.4, -0.2) is 20.5 Å². The van der Waals surface area contributed by atoms with Gasteiger partial charge in [0, 0.05) is 18.2 Å². The molecule has 0 bridgehead atoms. The molecule has 0 aromatic heterocycles. The van der Waals surface area contributed by atoms with Gasteiger partial charge in [0.2, 0.25) is 10.0 Å². The van der Waals surface area contributed by atoms with Crippen molar-refractivity contribution in [3.05, 3.63) is 28.2 Å². The van der Waals surface area contributed by atoms with E-state index >= 15 is 0 Å². The van der Waals surface area contributed by atoms with E-state index < -0.39 is 32.1 Å². The van der Waals surface area contributed by atoms with Gasteiger partial charge in [-0.1, -0.05) is 13.8 Å². The average molecular weight is 371 g/mol. The highest BCUT2D eigenvalue weighted by molar-refractivity contribution is 9.10. The van der Waals surface area contributed by atoms with Crippen LogP contribution in [0.15, 0.2) is 21.5 Å². The van der Waals surface area contributed by atoms with Crippen LogP contribution in [0.5, 0.6) is 0 Å². The fourth-order valence-corrected chi connectivity index (χ4v) is 3.91. The molecule has 1 aromatic rings. The van der Waals surface area contributed by atoms with E-state index in [0.29, 0.717) is 18.9 Å². The van der Waals surface area contributed by atoms with E-state index in [9.17, 15) is 17.2 Å². The lowest BCUT2D eigenvalue weighted by atomic mass is 9.95. The molecule has 0 saturated heterocycles. The van der Waals surface area contributed by atoms with E-state index in [1.54, 1.807) is 13.8 Å². The third-order valence-corrected chi connectivity index (χ3v) is 5.56. The van der Waals surface area contributed by atoms with E-state index in [0.717, 1.165) is 6.07 Å². The summed E-state index contributed by atoms with van der Waals surface area (Å²) < 4.78 is 53.7. The minimum Gasteiger partial charge on any atom is -0.329 e. The summed E-state index contributed by atoms with van der Waals surface area (Å²) in [5, 5.41) is 0. The highest BCUT2D eigenvalue weighted by Gasteiger charge is 2.32. The van der Waals surface area contributed by atoms with Crippen LogP contribution >= 0.6 is 15.9 Å².